The number of rotatable bonds is 11. The van der Waals surface area contributed by atoms with Gasteiger partial charge in [-0.05, 0) is 73.1 Å². The second-order valence-corrected chi connectivity index (χ2v) is 10.6. The summed E-state index contributed by atoms with van der Waals surface area (Å²) < 4.78 is 0. The Morgan fingerprint density at radius 3 is 1.69 bits per heavy atom. The largest absolute Gasteiger partial charge is 0.0979 e. The van der Waals surface area contributed by atoms with Gasteiger partial charge in [-0.2, -0.15) is 0 Å². The minimum Gasteiger partial charge on any atom is -0.0979 e. The SMILES string of the molecule is CCCCCCCCC#Cc1ccc(C#Cc2ccc(CCC3CCC(CCC)CC3)cc2)cc1. The van der Waals surface area contributed by atoms with Crippen LogP contribution in [0.4, 0.5) is 0 Å². The molecule has 0 amide bonds. The van der Waals surface area contributed by atoms with Crippen molar-refractivity contribution in [1.82, 2.24) is 0 Å². The summed E-state index contributed by atoms with van der Waals surface area (Å²) in [5, 5.41) is 0. The van der Waals surface area contributed by atoms with E-state index in [2.05, 4.69) is 86.1 Å². The fraction of sp³-hybridized carbons (Fsp3) is 0.543. The van der Waals surface area contributed by atoms with Crippen molar-refractivity contribution in [3.05, 3.63) is 70.8 Å². The predicted molar refractivity (Wildman–Crippen MR) is 152 cm³/mol. The number of benzene rings is 2. The van der Waals surface area contributed by atoms with Crippen molar-refractivity contribution in [2.75, 3.05) is 0 Å². The van der Waals surface area contributed by atoms with Crippen LogP contribution in [-0.4, -0.2) is 0 Å². The van der Waals surface area contributed by atoms with Crippen LogP contribution >= 0.6 is 0 Å². The molecule has 3 rings (SSSR count). The Labute approximate surface area is 216 Å². The van der Waals surface area contributed by atoms with Gasteiger partial charge in [-0.3, -0.25) is 0 Å². The average molecular weight is 467 g/mol. The van der Waals surface area contributed by atoms with Gasteiger partial charge in [0.25, 0.3) is 0 Å². The summed E-state index contributed by atoms with van der Waals surface area (Å²) in [7, 11) is 0. The lowest BCUT2D eigenvalue weighted by Gasteiger charge is -2.28. The van der Waals surface area contributed by atoms with Crippen LogP contribution in [0, 0.1) is 35.5 Å². The van der Waals surface area contributed by atoms with Crippen molar-refractivity contribution in [3.63, 3.8) is 0 Å². The Kier molecular flexibility index (Phi) is 12.6. The number of hydrogen-bond donors (Lipinski definition) is 0. The predicted octanol–water partition coefficient (Wildman–Crippen LogP) is 9.73. The van der Waals surface area contributed by atoms with Gasteiger partial charge >= 0.3 is 0 Å². The zero-order chi connectivity index (χ0) is 24.6. The summed E-state index contributed by atoms with van der Waals surface area (Å²) in [5.74, 6) is 15.2. The molecular formula is C35H46. The standard InChI is InChI=1S/C35H46/c1-3-5-6-7-8-9-10-11-13-31-16-20-33(21-17-31)23-25-35-28-26-34(27-29-35)24-22-32-18-14-30(12-4-2)15-19-32/h16-17,20-21,26-30,32H,3-10,12,14-15,18-19,22,24H2,1-2H3. The van der Waals surface area contributed by atoms with Crippen LogP contribution in [0.25, 0.3) is 0 Å². The zero-order valence-corrected chi connectivity index (χ0v) is 22.4. The van der Waals surface area contributed by atoms with Crippen LogP contribution in [0.5, 0.6) is 0 Å². The van der Waals surface area contributed by atoms with E-state index in [1.54, 1.807) is 0 Å². The number of hydrogen-bond acceptors (Lipinski definition) is 0. The summed E-state index contributed by atoms with van der Waals surface area (Å²) in [5.41, 5.74) is 4.69. The highest BCUT2D eigenvalue weighted by Gasteiger charge is 2.20. The highest BCUT2D eigenvalue weighted by molar-refractivity contribution is 5.46. The molecule has 186 valence electrons. The van der Waals surface area contributed by atoms with Crippen molar-refractivity contribution in [1.29, 1.82) is 0 Å². The molecule has 0 radical (unpaired) electrons. The number of unbranched alkanes of at least 4 members (excludes halogenated alkanes) is 6. The quantitative estimate of drug-likeness (QED) is 0.228. The Balaban J connectivity index is 1.38. The molecule has 0 spiro atoms. The van der Waals surface area contributed by atoms with Gasteiger partial charge in [-0.15, -0.1) is 0 Å². The first-order chi connectivity index (χ1) is 17.3. The Morgan fingerprint density at radius 2 is 1.09 bits per heavy atom. The molecule has 1 aliphatic carbocycles. The molecule has 35 heavy (non-hydrogen) atoms. The van der Waals surface area contributed by atoms with Gasteiger partial charge < -0.3 is 0 Å². The summed E-state index contributed by atoms with van der Waals surface area (Å²) in [6, 6.07) is 17.3. The molecule has 0 atom stereocenters. The molecule has 0 N–H and O–H groups in total. The Bertz CT molecular complexity index is 947. The first-order valence-corrected chi connectivity index (χ1v) is 14.5. The minimum atomic E-state index is 0.936. The first-order valence-electron chi connectivity index (χ1n) is 14.5. The second-order valence-electron chi connectivity index (χ2n) is 10.6. The second kappa shape index (κ2) is 16.3. The smallest absolute Gasteiger partial charge is 0.0249 e. The van der Waals surface area contributed by atoms with E-state index < -0.39 is 0 Å². The molecule has 0 bridgehead atoms. The maximum Gasteiger partial charge on any atom is 0.0249 e. The van der Waals surface area contributed by atoms with Gasteiger partial charge in [0.2, 0.25) is 0 Å². The fourth-order valence-electron chi connectivity index (χ4n) is 5.28. The minimum absolute atomic E-state index is 0.936. The van der Waals surface area contributed by atoms with E-state index in [9.17, 15) is 0 Å². The lowest BCUT2D eigenvalue weighted by Crippen LogP contribution is -2.15. The molecular weight excluding hydrogens is 420 g/mol. The fourth-order valence-corrected chi connectivity index (χ4v) is 5.28. The topological polar surface area (TPSA) is 0 Å². The van der Waals surface area contributed by atoms with E-state index >= 15 is 0 Å². The van der Waals surface area contributed by atoms with Crippen molar-refractivity contribution < 1.29 is 0 Å². The molecule has 0 aromatic heterocycles. The van der Waals surface area contributed by atoms with E-state index in [1.165, 1.54) is 95.5 Å². The van der Waals surface area contributed by atoms with Crippen LogP contribution in [0.3, 0.4) is 0 Å². The maximum atomic E-state index is 3.33. The maximum absolute atomic E-state index is 3.33. The third-order valence-corrected chi connectivity index (χ3v) is 7.58. The zero-order valence-electron chi connectivity index (χ0n) is 22.4. The summed E-state index contributed by atoms with van der Waals surface area (Å²) >= 11 is 0. The lowest BCUT2D eigenvalue weighted by atomic mass is 9.78. The lowest BCUT2D eigenvalue weighted by molar-refractivity contribution is 0.252. The van der Waals surface area contributed by atoms with Gasteiger partial charge in [0.05, 0.1) is 0 Å². The van der Waals surface area contributed by atoms with Crippen LogP contribution in [0.1, 0.15) is 126 Å². The van der Waals surface area contributed by atoms with Crippen molar-refractivity contribution in [2.24, 2.45) is 11.8 Å². The van der Waals surface area contributed by atoms with Gasteiger partial charge in [-0.25, -0.2) is 0 Å². The molecule has 0 aliphatic heterocycles. The van der Waals surface area contributed by atoms with Crippen LogP contribution in [0.15, 0.2) is 48.5 Å². The summed E-state index contributed by atoms with van der Waals surface area (Å²) in [6.45, 7) is 4.59. The van der Waals surface area contributed by atoms with Gasteiger partial charge in [0.1, 0.15) is 0 Å². The average Bonchev–Trinajstić information content (AvgIpc) is 2.90. The molecule has 0 heterocycles. The van der Waals surface area contributed by atoms with Gasteiger partial charge in [0, 0.05) is 23.1 Å². The molecule has 0 saturated heterocycles. The highest BCUT2D eigenvalue weighted by Crippen LogP contribution is 2.33. The third kappa shape index (κ3) is 10.8. The molecule has 0 nitrogen and oxygen atoms in total. The van der Waals surface area contributed by atoms with E-state index in [4.69, 9.17) is 0 Å². The Morgan fingerprint density at radius 1 is 0.571 bits per heavy atom. The van der Waals surface area contributed by atoms with E-state index in [0.29, 0.717) is 0 Å². The van der Waals surface area contributed by atoms with E-state index in [1.807, 2.05) is 0 Å². The molecule has 0 unspecified atom stereocenters. The summed E-state index contributed by atoms with van der Waals surface area (Å²) in [4.78, 5) is 0. The molecule has 2 aromatic rings. The highest BCUT2D eigenvalue weighted by atomic mass is 14.3. The van der Waals surface area contributed by atoms with Gasteiger partial charge in [-0.1, -0.05) is 120 Å². The van der Waals surface area contributed by atoms with Crippen molar-refractivity contribution >= 4 is 0 Å². The first kappa shape index (κ1) is 27.2. The molecule has 1 aliphatic rings. The Hall–Kier alpha value is -2.44. The van der Waals surface area contributed by atoms with Crippen LogP contribution < -0.4 is 0 Å². The molecule has 0 heteroatoms. The van der Waals surface area contributed by atoms with Crippen LogP contribution in [-0.2, 0) is 6.42 Å². The van der Waals surface area contributed by atoms with E-state index in [-0.39, 0.29) is 0 Å². The van der Waals surface area contributed by atoms with Crippen molar-refractivity contribution in [2.45, 2.75) is 110 Å². The third-order valence-electron chi connectivity index (χ3n) is 7.58. The summed E-state index contributed by atoms with van der Waals surface area (Å²) in [6.07, 6.45) is 20.1. The van der Waals surface area contributed by atoms with Gasteiger partial charge in [0.15, 0.2) is 0 Å². The van der Waals surface area contributed by atoms with E-state index in [0.717, 1.165) is 34.9 Å². The molecule has 2 aromatic carbocycles. The molecule has 1 saturated carbocycles. The normalized spacial score (nSPS) is 17.2. The molecule has 1 fully saturated rings. The van der Waals surface area contributed by atoms with Crippen molar-refractivity contribution in [3.8, 4) is 23.7 Å². The monoisotopic (exact) mass is 466 g/mol. The number of aryl methyl sites for hydroxylation is 1. The van der Waals surface area contributed by atoms with Crippen LogP contribution in [0.2, 0.25) is 0 Å².